The third-order valence-corrected chi connectivity index (χ3v) is 7.30. The highest BCUT2D eigenvalue weighted by Gasteiger charge is 2.35. The van der Waals surface area contributed by atoms with Crippen LogP contribution in [-0.2, 0) is 4.79 Å². The van der Waals surface area contributed by atoms with Crippen molar-refractivity contribution in [2.24, 2.45) is 4.99 Å². The molecule has 1 fully saturated rings. The Morgan fingerprint density at radius 1 is 1.26 bits per heavy atom. The Morgan fingerprint density at radius 2 is 2.00 bits per heavy atom. The molecule has 2 aromatic carbocycles. The maximum Gasteiger partial charge on any atom is 0.264 e. The van der Waals surface area contributed by atoms with E-state index in [9.17, 15) is 4.79 Å². The zero-order chi connectivity index (χ0) is 22.2. The van der Waals surface area contributed by atoms with Gasteiger partial charge in [0.2, 0.25) is 0 Å². The molecule has 162 valence electrons. The van der Waals surface area contributed by atoms with E-state index in [-0.39, 0.29) is 11.4 Å². The predicted molar refractivity (Wildman–Crippen MR) is 136 cm³/mol. The Hall–Kier alpha value is -2.05. The predicted octanol–water partition coefficient (Wildman–Crippen LogP) is 6.84. The van der Waals surface area contributed by atoms with Gasteiger partial charge in [-0.2, -0.15) is 0 Å². The molecule has 2 aliphatic rings. The summed E-state index contributed by atoms with van der Waals surface area (Å²) in [4.78, 5) is 20.3. The van der Waals surface area contributed by atoms with Crippen LogP contribution < -0.4 is 10.2 Å². The lowest BCUT2D eigenvalue weighted by Crippen LogP contribution is -2.48. The highest BCUT2D eigenvalue weighted by molar-refractivity contribution is 9.10. The second-order valence-corrected chi connectivity index (χ2v) is 10.8. The molecule has 2 heterocycles. The minimum Gasteiger partial charge on any atom is -0.366 e. The van der Waals surface area contributed by atoms with Crippen LogP contribution in [0, 0.1) is 0 Å². The van der Waals surface area contributed by atoms with E-state index in [0.717, 1.165) is 35.1 Å². The normalized spacial score (nSPS) is 22.7. The molecule has 0 aliphatic carbocycles. The van der Waals surface area contributed by atoms with Crippen molar-refractivity contribution in [1.29, 1.82) is 0 Å². The van der Waals surface area contributed by atoms with Gasteiger partial charge < -0.3 is 10.2 Å². The van der Waals surface area contributed by atoms with E-state index in [1.807, 2.05) is 30.3 Å². The number of fused-ring (bicyclic) bond motifs is 1. The number of halogens is 1. The fourth-order valence-electron chi connectivity index (χ4n) is 4.51. The quantitative estimate of drug-likeness (QED) is 0.470. The van der Waals surface area contributed by atoms with Crippen LogP contribution in [0.2, 0.25) is 0 Å². The molecular formula is C25H28BrN3OS. The molecule has 6 heteroatoms. The second-order valence-electron chi connectivity index (χ2n) is 8.85. The number of thioether (sulfide) groups is 1. The number of aliphatic imine (C=N–C) groups is 1. The van der Waals surface area contributed by atoms with Gasteiger partial charge in [-0.05, 0) is 98.0 Å². The third-order valence-electron chi connectivity index (χ3n) is 5.86. The number of hydrogen-bond donors (Lipinski definition) is 1. The molecule has 0 radical (unpaired) electrons. The number of nitrogens with one attached hydrogen (secondary N) is 1. The molecule has 1 amide bonds. The van der Waals surface area contributed by atoms with Crippen molar-refractivity contribution in [2.75, 3.05) is 11.4 Å². The Morgan fingerprint density at radius 3 is 2.71 bits per heavy atom. The van der Waals surface area contributed by atoms with Crippen LogP contribution in [-0.4, -0.2) is 23.2 Å². The summed E-state index contributed by atoms with van der Waals surface area (Å²) < 4.78 is 1.00. The number of nitrogens with zero attached hydrogens (tertiary/aromatic N) is 2. The lowest BCUT2D eigenvalue weighted by atomic mass is 9.79. The highest BCUT2D eigenvalue weighted by atomic mass is 79.9. The van der Waals surface area contributed by atoms with Gasteiger partial charge in [0.25, 0.3) is 5.91 Å². The van der Waals surface area contributed by atoms with Crippen molar-refractivity contribution < 1.29 is 4.79 Å². The molecule has 0 aromatic heterocycles. The van der Waals surface area contributed by atoms with Gasteiger partial charge in [0.05, 0.1) is 10.6 Å². The maximum atomic E-state index is 12.5. The van der Waals surface area contributed by atoms with Gasteiger partial charge in [-0.1, -0.05) is 35.8 Å². The summed E-state index contributed by atoms with van der Waals surface area (Å²) in [7, 11) is 0. The van der Waals surface area contributed by atoms with E-state index >= 15 is 0 Å². The van der Waals surface area contributed by atoms with Crippen LogP contribution in [0.15, 0.2) is 56.8 Å². The minimum absolute atomic E-state index is 0.0969. The third kappa shape index (κ3) is 4.75. The smallest absolute Gasteiger partial charge is 0.264 e. The number of hydrogen-bond acceptors (Lipinski definition) is 4. The first kappa shape index (κ1) is 22.2. The Labute approximate surface area is 197 Å². The van der Waals surface area contributed by atoms with E-state index in [0.29, 0.717) is 16.0 Å². The number of rotatable bonds is 4. The molecule has 4 rings (SSSR count). The molecule has 1 unspecified atom stereocenters. The van der Waals surface area contributed by atoms with Crippen LogP contribution >= 0.6 is 27.7 Å². The Balaban J connectivity index is 1.60. The molecule has 2 aliphatic heterocycles. The van der Waals surface area contributed by atoms with Gasteiger partial charge in [0.15, 0.2) is 5.17 Å². The summed E-state index contributed by atoms with van der Waals surface area (Å²) in [6.45, 7) is 10.3. The lowest BCUT2D eigenvalue weighted by Gasteiger charge is -2.47. The molecule has 4 nitrogen and oxygen atoms in total. The molecule has 1 saturated heterocycles. The van der Waals surface area contributed by atoms with Crippen molar-refractivity contribution in [3.63, 3.8) is 0 Å². The first-order valence-corrected chi connectivity index (χ1v) is 12.3. The number of carbonyl (C=O) groups excluding carboxylic acids is 1. The van der Waals surface area contributed by atoms with Crippen LogP contribution in [0.1, 0.15) is 57.6 Å². The van der Waals surface area contributed by atoms with Crippen molar-refractivity contribution in [1.82, 2.24) is 5.32 Å². The Bertz CT molecular complexity index is 1060. The summed E-state index contributed by atoms with van der Waals surface area (Å²) in [5.74, 6) is 0.386. The molecular weight excluding hydrogens is 470 g/mol. The fraction of sp³-hybridized carbons (Fsp3) is 0.360. The summed E-state index contributed by atoms with van der Waals surface area (Å²) in [5, 5.41) is 3.49. The number of benzene rings is 2. The van der Waals surface area contributed by atoms with E-state index in [2.05, 4.69) is 77.0 Å². The molecule has 1 atom stereocenters. The van der Waals surface area contributed by atoms with E-state index < -0.39 is 0 Å². The molecule has 0 saturated carbocycles. The monoisotopic (exact) mass is 497 g/mol. The zero-order valence-corrected chi connectivity index (χ0v) is 20.8. The van der Waals surface area contributed by atoms with Gasteiger partial charge in [-0.25, -0.2) is 4.99 Å². The van der Waals surface area contributed by atoms with Crippen molar-refractivity contribution in [2.45, 2.75) is 52.0 Å². The van der Waals surface area contributed by atoms with E-state index in [4.69, 9.17) is 0 Å². The summed E-state index contributed by atoms with van der Waals surface area (Å²) in [6.07, 6.45) is 4.22. The fourth-order valence-corrected chi connectivity index (χ4v) is 5.62. The summed E-state index contributed by atoms with van der Waals surface area (Å²) >= 11 is 4.82. The highest BCUT2D eigenvalue weighted by Crippen LogP contribution is 2.44. The SMILES string of the molecule is CCCN1c2ccc(/C=C3/SC(=Nc4ccc(Br)cc4)NC3=O)cc2C(C)CC1(C)C. The van der Waals surface area contributed by atoms with Crippen molar-refractivity contribution >= 4 is 56.2 Å². The zero-order valence-electron chi connectivity index (χ0n) is 18.4. The second kappa shape index (κ2) is 8.83. The van der Waals surface area contributed by atoms with Gasteiger partial charge in [0, 0.05) is 22.2 Å². The van der Waals surface area contributed by atoms with Gasteiger partial charge in [-0.3, -0.25) is 4.79 Å². The first-order valence-electron chi connectivity index (χ1n) is 10.7. The van der Waals surface area contributed by atoms with Crippen LogP contribution in [0.5, 0.6) is 0 Å². The Kier molecular flexibility index (Phi) is 6.31. The first-order chi connectivity index (χ1) is 14.8. The van der Waals surface area contributed by atoms with E-state index in [1.54, 1.807) is 0 Å². The average molecular weight is 498 g/mol. The lowest BCUT2D eigenvalue weighted by molar-refractivity contribution is -0.115. The van der Waals surface area contributed by atoms with E-state index in [1.165, 1.54) is 23.0 Å². The summed E-state index contributed by atoms with van der Waals surface area (Å²) in [5.41, 5.74) is 4.72. The van der Waals surface area contributed by atoms with Crippen LogP contribution in [0.4, 0.5) is 11.4 Å². The van der Waals surface area contributed by atoms with Crippen molar-refractivity contribution in [3.05, 3.63) is 63.0 Å². The molecule has 0 spiro atoms. The number of amides is 1. The number of anilines is 1. The molecule has 31 heavy (non-hydrogen) atoms. The van der Waals surface area contributed by atoms with Crippen LogP contribution in [0.25, 0.3) is 6.08 Å². The molecule has 0 bridgehead atoms. The van der Waals surface area contributed by atoms with Crippen LogP contribution in [0.3, 0.4) is 0 Å². The standard InChI is InChI=1S/C25H28BrN3OS/c1-5-12-29-21-11-6-17(13-20(21)16(2)15-25(29,3)4)14-22-23(30)28-24(31-22)27-19-9-7-18(26)8-10-19/h6-11,13-14,16H,5,12,15H2,1-4H3,(H,27,28,30)/b22-14+. The number of amidine groups is 1. The summed E-state index contributed by atoms with van der Waals surface area (Å²) in [6, 6.07) is 14.3. The largest absolute Gasteiger partial charge is 0.366 e. The van der Waals surface area contributed by atoms with Gasteiger partial charge in [-0.15, -0.1) is 0 Å². The maximum absolute atomic E-state index is 12.5. The minimum atomic E-state index is -0.0969. The molecule has 2 aromatic rings. The van der Waals surface area contributed by atoms with Gasteiger partial charge in [0.1, 0.15) is 0 Å². The number of carbonyl (C=O) groups is 1. The molecule has 1 N–H and O–H groups in total. The van der Waals surface area contributed by atoms with Gasteiger partial charge >= 0.3 is 0 Å². The topological polar surface area (TPSA) is 44.7 Å². The van der Waals surface area contributed by atoms with Crippen molar-refractivity contribution in [3.8, 4) is 0 Å². The average Bonchev–Trinajstić information content (AvgIpc) is 3.05.